The molecule has 1 amide bonds. The number of carbonyl (C=O) groups is 1. The molecule has 0 radical (unpaired) electrons. The Balaban J connectivity index is 1.40. The van der Waals surface area contributed by atoms with Crippen LogP contribution in [-0.2, 0) is 0 Å². The molecule has 2 aromatic heterocycles. The van der Waals surface area contributed by atoms with Crippen molar-refractivity contribution in [3.05, 3.63) is 60.8 Å². The van der Waals surface area contributed by atoms with Crippen molar-refractivity contribution in [1.29, 1.82) is 0 Å². The van der Waals surface area contributed by atoms with Gasteiger partial charge >= 0.3 is 6.36 Å². The average Bonchev–Trinajstić information content (AvgIpc) is 3.35. The summed E-state index contributed by atoms with van der Waals surface area (Å²) in [5.41, 5.74) is 1.18. The van der Waals surface area contributed by atoms with Gasteiger partial charge in [0.2, 0.25) is 0 Å². The number of rotatable bonds is 5. The molecule has 8 nitrogen and oxygen atoms in total. The predicted octanol–water partition coefficient (Wildman–Crippen LogP) is 3.40. The fourth-order valence-corrected chi connectivity index (χ4v) is 4.07. The van der Waals surface area contributed by atoms with Crippen molar-refractivity contribution in [3.8, 4) is 16.9 Å². The molecule has 11 heteroatoms. The second kappa shape index (κ2) is 7.69. The number of aromatic nitrogens is 3. The van der Waals surface area contributed by atoms with Crippen molar-refractivity contribution in [1.82, 2.24) is 15.0 Å². The maximum Gasteiger partial charge on any atom is 0.573 e. The van der Waals surface area contributed by atoms with Crippen LogP contribution in [-0.4, -0.2) is 50.5 Å². The molecule has 1 unspecified atom stereocenters. The molecule has 0 spiro atoms. The minimum Gasteiger partial charge on any atom is -0.406 e. The quantitative estimate of drug-likeness (QED) is 0.606. The minimum absolute atomic E-state index is 0.00881. The number of fused-ring (bicyclic) bond motifs is 1. The molecular weight excluding hydrogens is 439 g/mol. The number of carbonyl (C=O) groups excluding carboxylic acids is 1. The van der Waals surface area contributed by atoms with Gasteiger partial charge < -0.3 is 20.1 Å². The molecule has 2 aliphatic rings. The van der Waals surface area contributed by atoms with E-state index in [0.29, 0.717) is 42.0 Å². The highest BCUT2D eigenvalue weighted by Crippen LogP contribution is 2.51. The number of nitrogens with one attached hydrogen (secondary N) is 1. The standard InChI is InChI=1S/C22H18F3N5O3/c23-22(24,25)33-16-3-1-15(2-4-16)29-20(31)13-7-17(14-9-26-12-27-10-14)19(28-11-13)30-6-5-21(32)8-18(21)30/h1-4,7,9-12,18,32H,5-6,8H2,(H,29,31)/t18?,21-/m0/s1. The number of piperidine rings is 1. The third kappa shape index (κ3) is 4.31. The Morgan fingerprint density at radius 2 is 1.91 bits per heavy atom. The Hall–Kier alpha value is -3.73. The molecule has 1 saturated heterocycles. The van der Waals surface area contributed by atoms with Crippen LogP contribution in [0.15, 0.2) is 55.2 Å². The van der Waals surface area contributed by atoms with Gasteiger partial charge in [-0.15, -0.1) is 13.2 Å². The van der Waals surface area contributed by atoms with Gasteiger partial charge in [0.25, 0.3) is 5.91 Å². The summed E-state index contributed by atoms with van der Waals surface area (Å²) in [6, 6.07) is 6.50. The first-order chi connectivity index (χ1) is 15.7. The highest BCUT2D eigenvalue weighted by atomic mass is 19.4. The summed E-state index contributed by atoms with van der Waals surface area (Å²) in [5, 5.41) is 13.1. The van der Waals surface area contributed by atoms with Gasteiger partial charge in [0.05, 0.1) is 17.2 Å². The Labute approximate surface area is 186 Å². The van der Waals surface area contributed by atoms with Crippen molar-refractivity contribution in [2.45, 2.75) is 30.8 Å². The van der Waals surface area contributed by atoms with Crippen LogP contribution in [0.1, 0.15) is 23.2 Å². The maximum absolute atomic E-state index is 12.8. The Bertz CT molecular complexity index is 1190. The van der Waals surface area contributed by atoms with Crippen molar-refractivity contribution >= 4 is 17.4 Å². The van der Waals surface area contributed by atoms with E-state index in [1.807, 2.05) is 4.90 Å². The maximum atomic E-state index is 12.8. The van der Waals surface area contributed by atoms with Crippen LogP contribution in [0.2, 0.25) is 0 Å². The van der Waals surface area contributed by atoms with E-state index < -0.39 is 17.9 Å². The number of hydrogen-bond donors (Lipinski definition) is 2. The van der Waals surface area contributed by atoms with Gasteiger partial charge in [-0.25, -0.2) is 15.0 Å². The number of hydrogen-bond acceptors (Lipinski definition) is 7. The lowest BCUT2D eigenvalue weighted by molar-refractivity contribution is -0.274. The molecule has 3 aromatic rings. The number of nitrogens with zero attached hydrogens (tertiary/aromatic N) is 4. The number of aliphatic hydroxyl groups is 1. The lowest BCUT2D eigenvalue weighted by Crippen LogP contribution is -2.25. The predicted molar refractivity (Wildman–Crippen MR) is 112 cm³/mol. The summed E-state index contributed by atoms with van der Waals surface area (Å²) in [4.78, 5) is 27.5. The molecule has 33 heavy (non-hydrogen) atoms. The fourth-order valence-electron chi connectivity index (χ4n) is 4.07. The summed E-state index contributed by atoms with van der Waals surface area (Å²) in [7, 11) is 0. The molecule has 1 aliphatic carbocycles. The van der Waals surface area contributed by atoms with Crippen LogP contribution in [0, 0.1) is 0 Å². The van der Waals surface area contributed by atoms with Gasteiger partial charge in [-0.3, -0.25) is 4.79 Å². The van der Waals surface area contributed by atoms with Gasteiger partial charge in [0.15, 0.2) is 0 Å². The van der Waals surface area contributed by atoms with E-state index in [9.17, 15) is 23.1 Å². The third-order valence-electron chi connectivity index (χ3n) is 5.79. The van der Waals surface area contributed by atoms with E-state index in [0.717, 1.165) is 12.1 Å². The highest BCUT2D eigenvalue weighted by Gasteiger charge is 2.61. The second-order valence-electron chi connectivity index (χ2n) is 8.02. The zero-order valence-corrected chi connectivity index (χ0v) is 17.1. The van der Waals surface area contributed by atoms with Crippen LogP contribution in [0.3, 0.4) is 0 Å². The van der Waals surface area contributed by atoms with Gasteiger partial charge in [-0.05, 0) is 36.8 Å². The summed E-state index contributed by atoms with van der Waals surface area (Å²) in [5.74, 6) is -0.238. The highest BCUT2D eigenvalue weighted by molar-refractivity contribution is 6.05. The van der Waals surface area contributed by atoms with Gasteiger partial charge in [-0.2, -0.15) is 0 Å². The van der Waals surface area contributed by atoms with E-state index in [1.165, 1.54) is 24.7 Å². The van der Waals surface area contributed by atoms with Crippen LogP contribution in [0.5, 0.6) is 5.75 Å². The topological polar surface area (TPSA) is 100 Å². The molecule has 2 fully saturated rings. The molecule has 1 aliphatic heterocycles. The Morgan fingerprint density at radius 1 is 1.18 bits per heavy atom. The van der Waals surface area contributed by atoms with Crippen molar-refractivity contribution in [2.75, 3.05) is 16.8 Å². The first-order valence-electron chi connectivity index (χ1n) is 10.1. The van der Waals surface area contributed by atoms with E-state index in [4.69, 9.17) is 0 Å². The SMILES string of the molecule is O=C(Nc1ccc(OC(F)(F)F)cc1)c1cnc(N2CC[C@]3(O)CC23)c(-c2cncnc2)c1. The average molecular weight is 457 g/mol. The van der Waals surface area contributed by atoms with Crippen LogP contribution in [0.25, 0.3) is 11.1 Å². The molecule has 3 heterocycles. The summed E-state index contributed by atoms with van der Waals surface area (Å²) < 4.78 is 40.8. The molecule has 170 valence electrons. The largest absolute Gasteiger partial charge is 0.573 e. The van der Waals surface area contributed by atoms with E-state index in [-0.39, 0.29) is 17.4 Å². The molecule has 5 rings (SSSR count). The molecular formula is C22H18F3N5O3. The molecule has 2 atom stereocenters. The van der Waals surface area contributed by atoms with E-state index in [2.05, 4.69) is 25.0 Å². The second-order valence-corrected chi connectivity index (χ2v) is 8.02. The van der Waals surface area contributed by atoms with Crippen molar-refractivity contribution in [2.24, 2.45) is 0 Å². The Kier molecular flexibility index (Phi) is 4.93. The Morgan fingerprint density at radius 3 is 2.52 bits per heavy atom. The number of pyridine rings is 1. The van der Waals surface area contributed by atoms with Crippen molar-refractivity contribution in [3.63, 3.8) is 0 Å². The molecule has 2 N–H and O–H groups in total. The van der Waals surface area contributed by atoms with Crippen LogP contribution in [0.4, 0.5) is 24.7 Å². The minimum atomic E-state index is -4.79. The lowest BCUT2D eigenvalue weighted by Gasteiger charge is -2.22. The normalized spacial score (nSPS) is 21.5. The van der Waals surface area contributed by atoms with Crippen molar-refractivity contribution < 1.29 is 27.8 Å². The third-order valence-corrected chi connectivity index (χ3v) is 5.79. The first kappa shape index (κ1) is 21.1. The van der Waals surface area contributed by atoms with Crippen LogP contribution >= 0.6 is 0 Å². The van der Waals surface area contributed by atoms with Gasteiger partial charge in [0.1, 0.15) is 17.9 Å². The monoisotopic (exact) mass is 457 g/mol. The number of alkyl halides is 3. The lowest BCUT2D eigenvalue weighted by atomic mass is 10.1. The number of anilines is 2. The number of benzene rings is 1. The summed E-state index contributed by atoms with van der Waals surface area (Å²) in [6.45, 7) is 0.646. The number of halogens is 3. The van der Waals surface area contributed by atoms with Gasteiger partial charge in [0, 0.05) is 48.4 Å². The van der Waals surface area contributed by atoms with E-state index in [1.54, 1.807) is 18.5 Å². The fraction of sp³-hybridized carbons (Fsp3) is 0.273. The summed E-state index contributed by atoms with van der Waals surface area (Å²) >= 11 is 0. The smallest absolute Gasteiger partial charge is 0.406 e. The molecule has 0 bridgehead atoms. The first-order valence-corrected chi connectivity index (χ1v) is 10.1. The summed E-state index contributed by atoms with van der Waals surface area (Å²) in [6.07, 6.45) is 2.60. The zero-order valence-electron chi connectivity index (χ0n) is 17.1. The van der Waals surface area contributed by atoms with Gasteiger partial charge in [-0.1, -0.05) is 0 Å². The molecule has 1 saturated carbocycles. The number of amides is 1. The molecule has 1 aromatic carbocycles. The number of ether oxygens (including phenoxy) is 1. The van der Waals surface area contributed by atoms with Crippen LogP contribution < -0.4 is 15.0 Å². The van der Waals surface area contributed by atoms with E-state index >= 15 is 0 Å². The zero-order chi connectivity index (χ0) is 23.2.